The molecule has 2 aliphatic rings. The molecule has 2 saturated heterocycles. The molecule has 19 heavy (non-hydrogen) atoms. The Bertz CT molecular complexity index is 272. The van der Waals surface area contributed by atoms with Gasteiger partial charge in [-0.2, -0.15) is 11.8 Å². The third-order valence-electron chi connectivity index (χ3n) is 4.17. The number of rotatable bonds is 4. The van der Waals surface area contributed by atoms with Gasteiger partial charge < -0.3 is 10.2 Å². The molecule has 0 aromatic carbocycles. The van der Waals surface area contributed by atoms with Crippen LogP contribution in [0.25, 0.3) is 0 Å². The molecule has 0 saturated carbocycles. The second-order valence-corrected chi connectivity index (χ2v) is 6.88. The van der Waals surface area contributed by atoms with Gasteiger partial charge in [0.15, 0.2) is 0 Å². The zero-order valence-electron chi connectivity index (χ0n) is 11.9. The largest absolute Gasteiger partial charge is 0.341 e. The second-order valence-electron chi connectivity index (χ2n) is 5.47. The number of carbonyl (C=O) groups is 1. The summed E-state index contributed by atoms with van der Waals surface area (Å²) in [5.41, 5.74) is 0. The van der Waals surface area contributed by atoms with Gasteiger partial charge in [0.05, 0.1) is 0 Å². The van der Waals surface area contributed by atoms with Crippen LogP contribution in [0, 0.1) is 5.92 Å². The van der Waals surface area contributed by atoms with Gasteiger partial charge in [0, 0.05) is 30.5 Å². The first-order chi connectivity index (χ1) is 8.79. The number of hydrogen-bond acceptors (Lipinski definition) is 3. The van der Waals surface area contributed by atoms with Gasteiger partial charge in [-0.25, -0.2) is 0 Å². The van der Waals surface area contributed by atoms with Crippen LogP contribution in [0.1, 0.15) is 39.0 Å². The van der Waals surface area contributed by atoms with Crippen LogP contribution < -0.4 is 5.32 Å². The minimum Gasteiger partial charge on any atom is -0.341 e. The zero-order chi connectivity index (χ0) is 12.8. The molecule has 2 rings (SSSR count). The minimum absolute atomic E-state index is 0. The number of nitrogens with zero attached hydrogens (tertiary/aromatic N) is 1. The van der Waals surface area contributed by atoms with Gasteiger partial charge in [-0.05, 0) is 44.7 Å². The number of amides is 1. The van der Waals surface area contributed by atoms with Crippen molar-refractivity contribution < 1.29 is 4.79 Å². The number of halogens is 1. The molecule has 0 radical (unpaired) electrons. The normalized spacial score (nSPS) is 24.9. The molecular weight excluding hydrogens is 280 g/mol. The smallest absolute Gasteiger partial charge is 0.222 e. The molecule has 0 aromatic heterocycles. The van der Waals surface area contributed by atoms with Gasteiger partial charge in [0.1, 0.15) is 0 Å². The highest BCUT2D eigenvalue weighted by Gasteiger charge is 2.23. The molecule has 0 spiro atoms. The Labute approximate surface area is 127 Å². The summed E-state index contributed by atoms with van der Waals surface area (Å²) in [6.07, 6.45) is 5.55. The molecular formula is C14H27ClN2OS. The van der Waals surface area contributed by atoms with Crippen LogP contribution in [0.2, 0.25) is 0 Å². The fourth-order valence-corrected chi connectivity index (χ4v) is 4.03. The molecule has 112 valence electrons. The van der Waals surface area contributed by atoms with Gasteiger partial charge in [-0.1, -0.05) is 6.92 Å². The van der Waals surface area contributed by atoms with Gasteiger partial charge in [-0.3, -0.25) is 4.79 Å². The third-order valence-corrected chi connectivity index (χ3v) is 5.54. The molecule has 0 aromatic rings. The summed E-state index contributed by atoms with van der Waals surface area (Å²) in [4.78, 5) is 14.3. The van der Waals surface area contributed by atoms with Crippen LogP contribution in [0.15, 0.2) is 0 Å². The second kappa shape index (κ2) is 9.09. The highest BCUT2D eigenvalue weighted by atomic mass is 35.5. The van der Waals surface area contributed by atoms with Crippen LogP contribution in [0.3, 0.4) is 0 Å². The fourth-order valence-electron chi connectivity index (χ4n) is 2.85. The topological polar surface area (TPSA) is 32.3 Å². The number of hydrogen-bond donors (Lipinski definition) is 1. The first kappa shape index (κ1) is 17.1. The van der Waals surface area contributed by atoms with Crippen LogP contribution in [-0.4, -0.2) is 48.0 Å². The Kier molecular flexibility index (Phi) is 8.19. The molecule has 1 N–H and O–H groups in total. The van der Waals surface area contributed by atoms with E-state index >= 15 is 0 Å². The van der Waals surface area contributed by atoms with Crippen molar-refractivity contribution in [2.45, 2.75) is 44.3 Å². The quantitative estimate of drug-likeness (QED) is 0.866. The lowest BCUT2D eigenvalue weighted by Crippen LogP contribution is -2.42. The van der Waals surface area contributed by atoms with Crippen LogP contribution >= 0.6 is 24.2 Å². The Morgan fingerprint density at radius 2 is 2.11 bits per heavy atom. The van der Waals surface area contributed by atoms with E-state index in [2.05, 4.69) is 17.1 Å². The summed E-state index contributed by atoms with van der Waals surface area (Å²) in [7, 11) is 0. The van der Waals surface area contributed by atoms with Crippen molar-refractivity contribution in [3.05, 3.63) is 0 Å². The van der Waals surface area contributed by atoms with Crippen LogP contribution in [0.5, 0.6) is 0 Å². The predicted molar refractivity (Wildman–Crippen MR) is 85.2 cm³/mol. The van der Waals surface area contributed by atoms with E-state index in [0.717, 1.165) is 50.7 Å². The SMILES string of the molecule is CCC1CN(C(=O)CCC2CCNCC2)CCS1.Cl. The summed E-state index contributed by atoms with van der Waals surface area (Å²) >= 11 is 2.03. The number of carbonyl (C=O) groups excluding carboxylic acids is 1. The Hall–Kier alpha value is 0.0700. The van der Waals surface area contributed by atoms with Crippen molar-refractivity contribution in [1.29, 1.82) is 0 Å². The molecule has 2 aliphatic heterocycles. The van der Waals surface area contributed by atoms with Gasteiger partial charge >= 0.3 is 0 Å². The Morgan fingerprint density at radius 3 is 2.79 bits per heavy atom. The predicted octanol–water partition coefficient (Wildman–Crippen LogP) is 2.54. The van der Waals surface area contributed by atoms with E-state index in [1.54, 1.807) is 0 Å². The van der Waals surface area contributed by atoms with E-state index in [0.29, 0.717) is 11.2 Å². The summed E-state index contributed by atoms with van der Waals surface area (Å²) in [5, 5.41) is 4.05. The number of thioether (sulfide) groups is 1. The van der Waals surface area contributed by atoms with Crippen molar-refractivity contribution in [1.82, 2.24) is 10.2 Å². The first-order valence-corrected chi connectivity index (χ1v) is 8.44. The van der Waals surface area contributed by atoms with Gasteiger partial charge in [-0.15, -0.1) is 12.4 Å². The number of nitrogens with one attached hydrogen (secondary N) is 1. The standard InChI is InChI=1S/C14H26N2OS.ClH/c1-2-13-11-16(9-10-18-13)14(17)4-3-12-5-7-15-8-6-12;/h12-13,15H,2-11H2,1H3;1H. The van der Waals surface area contributed by atoms with E-state index in [1.165, 1.54) is 19.3 Å². The summed E-state index contributed by atoms with van der Waals surface area (Å²) in [6, 6.07) is 0. The molecule has 2 fully saturated rings. The van der Waals surface area contributed by atoms with Crippen molar-refractivity contribution in [3.8, 4) is 0 Å². The average molecular weight is 307 g/mol. The molecule has 0 bridgehead atoms. The summed E-state index contributed by atoms with van der Waals surface area (Å²) in [5.74, 6) is 2.29. The van der Waals surface area contributed by atoms with E-state index in [1.807, 2.05) is 11.8 Å². The summed E-state index contributed by atoms with van der Waals surface area (Å²) < 4.78 is 0. The molecule has 1 amide bonds. The molecule has 5 heteroatoms. The Balaban J connectivity index is 0.00000180. The van der Waals surface area contributed by atoms with Crippen molar-refractivity contribution in [3.63, 3.8) is 0 Å². The van der Waals surface area contributed by atoms with Crippen LogP contribution in [0.4, 0.5) is 0 Å². The van der Waals surface area contributed by atoms with Crippen molar-refractivity contribution >= 4 is 30.1 Å². The maximum atomic E-state index is 12.2. The highest BCUT2D eigenvalue weighted by molar-refractivity contribution is 8.00. The van der Waals surface area contributed by atoms with E-state index < -0.39 is 0 Å². The van der Waals surface area contributed by atoms with Gasteiger partial charge in [0.25, 0.3) is 0 Å². The Morgan fingerprint density at radius 1 is 1.37 bits per heavy atom. The molecule has 3 nitrogen and oxygen atoms in total. The zero-order valence-corrected chi connectivity index (χ0v) is 13.5. The van der Waals surface area contributed by atoms with Crippen molar-refractivity contribution in [2.24, 2.45) is 5.92 Å². The average Bonchev–Trinajstić information content (AvgIpc) is 2.46. The maximum Gasteiger partial charge on any atom is 0.222 e. The van der Waals surface area contributed by atoms with Crippen molar-refractivity contribution in [2.75, 3.05) is 31.9 Å². The molecule has 1 unspecified atom stereocenters. The molecule has 2 heterocycles. The van der Waals surface area contributed by atoms with Gasteiger partial charge in [0.2, 0.25) is 5.91 Å². The van der Waals surface area contributed by atoms with E-state index in [9.17, 15) is 4.79 Å². The lowest BCUT2D eigenvalue weighted by Gasteiger charge is -2.32. The third kappa shape index (κ3) is 5.52. The lowest BCUT2D eigenvalue weighted by molar-refractivity contribution is -0.131. The van der Waals surface area contributed by atoms with E-state index in [-0.39, 0.29) is 12.4 Å². The number of piperidine rings is 1. The maximum absolute atomic E-state index is 12.2. The monoisotopic (exact) mass is 306 g/mol. The molecule has 1 atom stereocenters. The fraction of sp³-hybridized carbons (Fsp3) is 0.929. The summed E-state index contributed by atoms with van der Waals surface area (Å²) in [6.45, 7) is 6.44. The first-order valence-electron chi connectivity index (χ1n) is 7.39. The van der Waals surface area contributed by atoms with Crippen LogP contribution in [-0.2, 0) is 4.79 Å². The highest BCUT2D eigenvalue weighted by Crippen LogP contribution is 2.23. The minimum atomic E-state index is 0. The lowest BCUT2D eigenvalue weighted by atomic mass is 9.93. The van der Waals surface area contributed by atoms with E-state index in [4.69, 9.17) is 0 Å². The molecule has 0 aliphatic carbocycles.